The standard InChI is InChI=1S/C18H22N2O/c1-11-5-6-15(7-12(11)2)10-21-17-13(3)8-16(18(19)20)9-14(17)4/h5-9H,10H2,1-4H3,(H3,19,20). The van der Waals surface area contributed by atoms with Crippen LogP contribution in [0.15, 0.2) is 30.3 Å². The topological polar surface area (TPSA) is 59.1 Å². The number of ether oxygens (including phenoxy) is 1. The number of nitrogen functional groups attached to an aromatic ring is 1. The van der Waals surface area contributed by atoms with Gasteiger partial charge >= 0.3 is 0 Å². The van der Waals surface area contributed by atoms with E-state index in [4.69, 9.17) is 15.9 Å². The third kappa shape index (κ3) is 3.43. The van der Waals surface area contributed by atoms with Crippen LogP contribution >= 0.6 is 0 Å². The Morgan fingerprint density at radius 1 is 0.952 bits per heavy atom. The molecule has 0 atom stereocenters. The van der Waals surface area contributed by atoms with Crippen molar-refractivity contribution in [2.45, 2.75) is 34.3 Å². The van der Waals surface area contributed by atoms with E-state index in [9.17, 15) is 0 Å². The zero-order chi connectivity index (χ0) is 15.6. The smallest absolute Gasteiger partial charge is 0.125 e. The van der Waals surface area contributed by atoms with Crippen molar-refractivity contribution in [1.82, 2.24) is 0 Å². The van der Waals surface area contributed by atoms with Crippen molar-refractivity contribution in [2.24, 2.45) is 5.73 Å². The Bertz CT molecular complexity index is 667. The van der Waals surface area contributed by atoms with Gasteiger partial charge in [-0.1, -0.05) is 18.2 Å². The molecule has 0 fully saturated rings. The Morgan fingerprint density at radius 2 is 1.57 bits per heavy atom. The minimum Gasteiger partial charge on any atom is -0.488 e. The normalized spacial score (nSPS) is 10.5. The highest BCUT2D eigenvalue weighted by atomic mass is 16.5. The van der Waals surface area contributed by atoms with Gasteiger partial charge in [0.25, 0.3) is 0 Å². The van der Waals surface area contributed by atoms with Crippen LogP contribution in [0.4, 0.5) is 0 Å². The summed E-state index contributed by atoms with van der Waals surface area (Å²) in [6.07, 6.45) is 0. The zero-order valence-electron chi connectivity index (χ0n) is 13.1. The third-order valence-corrected chi connectivity index (χ3v) is 3.73. The predicted octanol–water partition coefficient (Wildman–Crippen LogP) is 3.78. The lowest BCUT2D eigenvalue weighted by molar-refractivity contribution is 0.302. The molecular weight excluding hydrogens is 260 g/mol. The predicted molar refractivity (Wildman–Crippen MR) is 87.2 cm³/mol. The maximum atomic E-state index is 7.52. The number of nitrogens with one attached hydrogen (secondary N) is 1. The van der Waals surface area contributed by atoms with E-state index in [-0.39, 0.29) is 5.84 Å². The number of amidine groups is 1. The molecule has 3 heteroatoms. The first kappa shape index (κ1) is 15.1. The van der Waals surface area contributed by atoms with Gasteiger partial charge in [-0.05, 0) is 67.6 Å². The van der Waals surface area contributed by atoms with Gasteiger partial charge in [-0.25, -0.2) is 0 Å². The molecule has 0 bridgehead atoms. The molecule has 0 spiro atoms. The van der Waals surface area contributed by atoms with Crippen molar-refractivity contribution in [1.29, 1.82) is 5.41 Å². The van der Waals surface area contributed by atoms with Crippen LogP contribution in [0.5, 0.6) is 5.75 Å². The van der Waals surface area contributed by atoms with Gasteiger partial charge in [0.15, 0.2) is 0 Å². The van der Waals surface area contributed by atoms with Crippen molar-refractivity contribution in [3.05, 3.63) is 63.7 Å². The molecule has 21 heavy (non-hydrogen) atoms. The van der Waals surface area contributed by atoms with Crippen LogP contribution in [-0.4, -0.2) is 5.84 Å². The summed E-state index contributed by atoms with van der Waals surface area (Å²) in [5.41, 5.74) is 12.0. The van der Waals surface area contributed by atoms with Crippen LogP contribution in [0, 0.1) is 33.1 Å². The van der Waals surface area contributed by atoms with Crippen molar-refractivity contribution in [2.75, 3.05) is 0 Å². The van der Waals surface area contributed by atoms with Crippen LogP contribution in [-0.2, 0) is 6.61 Å². The molecule has 0 aliphatic carbocycles. The van der Waals surface area contributed by atoms with Gasteiger partial charge in [-0.2, -0.15) is 0 Å². The molecule has 0 heterocycles. The third-order valence-electron chi connectivity index (χ3n) is 3.73. The fraction of sp³-hybridized carbons (Fsp3) is 0.278. The lowest BCUT2D eigenvalue weighted by Gasteiger charge is -2.14. The molecule has 2 aromatic carbocycles. The summed E-state index contributed by atoms with van der Waals surface area (Å²) in [5.74, 6) is 0.958. The minimum absolute atomic E-state index is 0.0851. The van der Waals surface area contributed by atoms with Crippen molar-refractivity contribution in [3.63, 3.8) is 0 Å². The van der Waals surface area contributed by atoms with Crippen molar-refractivity contribution in [3.8, 4) is 5.75 Å². The van der Waals surface area contributed by atoms with Gasteiger partial charge < -0.3 is 10.5 Å². The molecular formula is C18H22N2O. The molecule has 2 rings (SSSR count). The molecule has 0 radical (unpaired) electrons. The molecule has 0 saturated heterocycles. The summed E-state index contributed by atoms with van der Waals surface area (Å²) in [4.78, 5) is 0. The Kier molecular flexibility index (Phi) is 4.32. The highest BCUT2D eigenvalue weighted by Gasteiger charge is 2.08. The summed E-state index contributed by atoms with van der Waals surface area (Å²) < 4.78 is 5.97. The first-order valence-corrected chi connectivity index (χ1v) is 7.03. The molecule has 110 valence electrons. The van der Waals surface area contributed by atoms with Gasteiger partial charge in [0, 0.05) is 5.56 Å². The number of hydrogen-bond donors (Lipinski definition) is 2. The average molecular weight is 282 g/mol. The zero-order valence-corrected chi connectivity index (χ0v) is 13.1. The fourth-order valence-corrected chi connectivity index (χ4v) is 2.38. The second kappa shape index (κ2) is 6.00. The van der Waals surface area contributed by atoms with Crippen LogP contribution < -0.4 is 10.5 Å². The van der Waals surface area contributed by atoms with E-state index in [1.807, 2.05) is 26.0 Å². The summed E-state index contributed by atoms with van der Waals surface area (Å²) in [5, 5.41) is 7.52. The number of aryl methyl sites for hydroxylation is 4. The molecule has 3 nitrogen and oxygen atoms in total. The molecule has 0 saturated carbocycles. The van der Waals surface area contributed by atoms with E-state index < -0.39 is 0 Å². The van der Waals surface area contributed by atoms with E-state index in [2.05, 4.69) is 32.0 Å². The van der Waals surface area contributed by atoms with E-state index in [0.29, 0.717) is 6.61 Å². The lowest BCUT2D eigenvalue weighted by atomic mass is 10.0. The summed E-state index contributed by atoms with van der Waals surface area (Å²) in [7, 11) is 0. The molecule has 0 unspecified atom stereocenters. The van der Waals surface area contributed by atoms with Crippen LogP contribution in [0.25, 0.3) is 0 Å². The van der Waals surface area contributed by atoms with E-state index in [1.54, 1.807) is 0 Å². The fourth-order valence-electron chi connectivity index (χ4n) is 2.38. The minimum atomic E-state index is 0.0851. The van der Waals surface area contributed by atoms with E-state index in [0.717, 1.165) is 28.0 Å². The number of rotatable bonds is 4. The Labute approximate surface area is 126 Å². The Hall–Kier alpha value is -2.29. The second-order valence-corrected chi connectivity index (χ2v) is 5.56. The Morgan fingerprint density at radius 3 is 2.10 bits per heavy atom. The largest absolute Gasteiger partial charge is 0.488 e. The first-order chi connectivity index (χ1) is 9.88. The summed E-state index contributed by atoms with van der Waals surface area (Å²) in [6, 6.07) is 10.2. The quantitative estimate of drug-likeness (QED) is 0.662. The number of hydrogen-bond acceptors (Lipinski definition) is 2. The highest BCUT2D eigenvalue weighted by molar-refractivity contribution is 5.95. The van der Waals surface area contributed by atoms with E-state index in [1.165, 1.54) is 11.1 Å². The molecule has 0 aliphatic heterocycles. The average Bonchev–Trinajstić information content (AvgIpc) is 2.41. The Balaban J connectivity index is 2.20. The molecule has 0 aliphatic rings. The van der Waals surface area contributed by atoms with Gasteiger partial charge in [0.2, 0.25) is 0 Å². The van der Waals surface area contributed by atoms with Crippen LogP contribution in [0.3, 0.4) is 0 Å². The first-order valence-electron chi connectivity index (χ1n) is 7.03. The van der Waals surface area contributed by atoms with Crippen LogP contribution in [0.1, 0.15) is 33.4 Å². The molecule has 2 aromatic rings. The SMILES string of the molecule is Cc1ccc(COc2c(C)cc(C(=N)N)cc2C)cc1C. The van der Waals surface area contributed by atoms with Crippen LogP contribution in [0.2, 0.25) is 0 Å². The highest BCUT2D eigenvalue weighted by Crippen LogP contribution is 2.26. The van der Waals surface area contributed by atoms with Gasteiger partial charge in [0.05, 0.1) is 0 Å². The van der Waals surface area contributed by atoms with Gasteiger partial charge in [-0.15, -0.1) is 0 Å². The second-order valence-electron chi connectivity index (χ2n) is 5.56. The summed E-state index contributed by atoms with van der Waals surface area (Å²) in [6.45, 7) is 8.72. The maximum Gasteiger partial charge on any atom is 0.125 e. The van der Waals surface area contributed by atoms with Gasteiger partial charge in [0.1, 0.15) is 18.2 Å². The van der Waals surface area contributed by atoms with Crippen molar-refractivity contribution < 1.29 is 4.74 Å². The molecule has 0 aromatic heterocycles. The monoisotopic (exact) mass is 282 g/mol. The molecule has 0 amide bonds. The number of benzene rings is 2. The van der Waals surface area contributed by atoms with E-state index >= 15 is 0 Å². The van der Waals surface area contributed by atoms with Crippen molar-refractivity contribution >= 4 is 5.84 Å². The summed E-state index contributed by atoms with van der Waals surface area (Å²) >= 11 is 0. The maximum absolute atomic E-state index is 7.52. The lowest BCUT2D eigenvalue weighted by Crippen LogP contribution is -2.12. The number of nitrogens with two attached hydrogens (primary N) is 1. The molecule has 3 N–H and O–H groups in total. The van der Waals surface area contributed by atoms with Gasteiger partial charge in [-0.3, -0.25) is 5.41 Å².